The van der Waals surface area contributed by atoms with Crippen molar-refractivity contribution in [3.05, 3.63) is 40.3 Å². The van der Waals surface area contributed by atoms with Crippen molar-refractivity contribution in [3.8, 4) is 6.07 Å². The van der Waals surface area contributed by atoms with E-state index in [2.05, 4.69) is 0 Å². The summed E-state index contributed by atoms with van der Waals surface area (Å²) in [6.45, 7) is 2.99. The van der Waals surface area contributed by atoms with E-state index in [1.807, 2.05) is 6.07 Å². The summed E-state index contributed by atoms with van der Waals surface area (Å²) in [7, 11) is 0. The number of hydrogen-bond donors (Lipinski definition) is 0. The molecule has 0 atom stereocenters. The lowest BCUT2D eigenvalue weighted by atomic mass is 10.1. The molecule has 0 aromatic heterocycles. The third-order valence-corrected chi connectivity index (χ3v) is 3.77. The summed E-state index contributed by atoms with van der Waals surface area (Å²) >= 11 is 0.773. The van der Waals surface area contributed by atoms with Crippen molar-refractivity contribution in [3.63, 3.8) is 0 Å². The van der Waals surface area contributed by atoms with Gasteiger partial charge in [0.15, 0.2) is 0 Å². The molecule has 2 rings (SSSR count). The maximum Gasteiger partial charge on any atom is 0.326 e. The topological polar surface area (TPSA) is 87.5 Å². The van der Waals surface area contributed by atoms with Crippen LogP contribution in [0.3, 0.4) is 0 Å². The maximum absolute atomic E-state index is 12.2. The zero-order valence-corrected chi connectivity index (χ0v) is 13.4. The number of hydrogen-bond acceptors (Lipinski definition) is 6. The van der Waals surface area contributed by atoms with Crippen molar-refractivity contribution >= 4 is 35.0 Å². The lowest BCUT2D eigenvalue weighted by Gasteiger charge is -2.13. The van der Waals surface area contributed by atoms with Crippen LogP contribution in [0.2, 0.25) is 0 Å². The van der Waals surface area contributed by atoms with Gasteiger partial charge in [0.1, 0.15) is 6.54 Å². The van der Waals surface area contributed by atoms with Gasteiger partial charge in [-0.15, -0.1) is 0 Å². The van der Waals surface area contributed by atoms with E-state index in [1.165, 1.54) is 0 Å². The summed E-state index contributed by atoms with van der Waals surface area (Å²) in [5.74, 6) is -1.15. The van der Waals surface area contributed by atoms with Crippen molar-refractivity contribution in [1.82, 2.24) is 4.90 Å². The molecule has 1 fully saturated rings. The van der Waals surface area contributed by atoms with E-state index in [1.54, 1.807) is 44.2 Å². The maximum atomic E-state index is 12.2. The summed E-state index contributed by atoms with van der Waals surface area (Å²) in [5, 5.41) is 8.25. The Hall–Kier alpha value is -2.59. The van der Waals surface area contributed by atoms with Gasteiger partial charge in [-0.25, -0.2) is 0 Å². The average Bonchev–Trinajstić information content (AvgIpc) is 2.75. The van der Waals surface area contributed by atoms with E-state index in [4.69, 9.17) is 10.00 Å². The molecule has 1 saturated heterocycles. The first-order valence-electron chi connectivity index (χ1n) is 6.85. The molecule has 1 heterocycles. The smallest absolute Gasteiger partial charge is 0.326 e. The zero-order chi connectivity index (χ0) is 17.0. The van der Waals surface area contributed by atoms with Gasteiger partial charge in [0.05, 0.1) is 22.6 Å². The molecular weight excluding hydrogens is 316 g/mol. The third kappa shape index (κ3) is 4.20. The van der Waals surface area contributed by atoms with Crippen LogP contribution in [0.4, 0.5) is 4.79 Å². The first-order valence-corrected chi connectivity index (χ1v) is 7.67. The molecule has 2 amide bonds. The highest BCUT2D eigenvalue weighted by Crippen LogP contribution is 2.32. The lowest BCUT2D eigenvalue weighted by Crippen LogP contribution is -2.35. The Morgan fingerprint density at radius 1 is 1.35 bits per heavy atom. The molecule has 0 bridgehead atoms. The van der Waals surface area contributed by atoms with Crippen LogP contribution in [-0.4, -0.2) is 34.7 Å². The van der Waals surface area contributed by atoms with Crippen molar-refractivity contribution in [2.24, 2.45) is 0 Å². The molecular formula is C16H14N2O4S. The number of rotatable bonds is 4. The first-order chi connectivity index (χ1) is 10.9. The number of ether oxygens (including phenoxy) is 1. The van der Waals surface area contributed by atoms with E-state index < -0.39 is 23.7 Å². The molecule has 118 valence electrons. The highest BCUT2D eigenvalue weighted by Gasteiger charge is 2.36. The molecule has 0 spiro atoms. The van der Waals surface area contributed by atoms with Gasteiger partial charge in [-0.3, -0.25) is 19.3 Å². The van der Waals surface area contributed by atoms with Crippen LogP contribution in [-0.2, 0) is 14.3 Å². The van der Waals surface area contributed by atoms with Gasteiger partial charge in [0, 0.05) is 0 Å². The van der Waals surface area contributed by atoms with Gasteiger partial charge in [-0.05, 0) is 49.4 Å². The number of thioether (sulfide) groups is 1. The fourth-order valence-corrected chi connectivity index (χ4v) is 2.71. The zero-order valence-electron chi connectivity index (χ0n) is 12.6. The highest BCUT2D eigenvalue weighted by atomic mass is 32.2. The van der Waals surface area contributed by atoms with Crippen molar-refractivity contribution < 1.29 is 19.1 Å². The number of imide groups is 1. The number of carbonyl (C=O) groups excluding carboxylic acids is 3. The van der Waals surface area contributed by atoms with Crippen LogP contribution in [0, 0.1) is 11.3 Å². The molecule has 0 radical (unpaired) electrons. The first kappa shape index (κ1) is 16.8. The SMILES string of the molecule is CC(C)OC(=O)CN1C(=O)S/C(=C\c2ccc(C#N)cc2)C1=O. The van der Waals surface area contributed by atoms with E-state index in [9.17, 15) is 14.4 Å². The van der Waals surface area contributed by atoms with E-state index in [0.29, 0.717) is 11.1 Å². The van der Waals surface area contributed by atoms with Gasteiger partial charge < -0.3 is 4.74 Å². The summed E-state index contributed by atoms with van der Waals surface area (Å²) in [6, 6.07) is 8.60. The Balaban J connectivity index is 2.12. The minimum atomic E-state index is -0.623. The van der Waals surface area contributed by atoms with Crippen LogP contribution < -0.4 is 0 Å². The molecule has 1 aliphatic heterocycles. The predicted octanol–water partition coefficient (Wildman–Crippen LogP) is 2.55. The summed E-state index contributed by atoms with van der Waals surface area (Å²) < 4.78 is 4.94. The number of nitriles is 1. The van der Waals surface area contributed by atoms with Crippen LogP contribution >= 0.6 is 11.8 Å². The second-order valence-electron chi connectivity index (χ2n) is 5.04. The third-order valence-electron chi connectivity index (χ3n) is 2.87. The number of amides is 2. The van der Waals surface area contributed by atoms with Crippen LogP contribution in [0.5, 0.6) is 0 Å². The van der Waals surface area contributed by atoms with Gasteiger partial charge in [0.25, 0.3) is 11.1 Å². The molecule has 23 heavy (non-hydrogen) atoms. The quantitative estimate of drug-likeness (QED) is 0.623. The highest BCUT2D eigenvalue weighted by molar-refractivity contribution is 8.18. The Labute approximate surface area is 137 Å². The Bertz CT molecular complexity index is 717. The molecule has 1 aromatic carbocycles. The lowest BCUT2D eigenvalue weighted by molar-refractivity contribution is -0.149. The Kier molecular flexibility index (Phi) is 5.19. The fourth-order valence-electron chi connectivity index (χ4n) is 1.87. The largest absolute Gasteiger partial charge is 0.462 e. The predicted molar refractivity (Wildman–Crippen MR) is 85.1 cm³/mol. The summed E-state index contributed by atoms with van der Waals surface area (Å²) in [5.41, 5.74) is 1.20. The molecule has 1 aromatic rings. The van der Waals surface area contributed by atoms with Crippen molar-refractivity contribution in [2.75, 3.05) is 6.54 Å². The standard InChI is InChI=1S/C16H14N2O4S/c1-10(2)22-14(19)9-18-15(20)13(23-16(18)21)7-11-3-5-12(8-17)6-4-11/h3-7,10H,9H2,1-2H3/b13-7-. The normalized spacial score (nSPS) is 16.1. The summed E-state index contributed by atoms with van der Waals surface area (Å²) in [6.07, 6.45) is 1.25. The minimum absolute atomic E-state index is 0.233. The van der Waals surface area contributed by atoms with Gasteiger partial charge in [-0.1, -0.05) is 12.1 Å². The van der Waals surface area contributed by atoms with Crippen LogP contribution in [0.25, 0.3) is 6.08 Å². The fraction of sp³-hybridized carbons (Fsp3) is 0.250. The van der Waals surface area contributed by atoms with Gasteiger partial charge in [-0.2, -0.15) is 5.26 Å². The molecule has 0 unspecified atom stereocenters. The van der Waals surface area contributed by atoms with Gasteiger partial charge >= 0.3 is 5.97 Å². The number of carbonyl (C=O) groups is 3. The van der Waals surface area contributed by atoms with E-state index in [0.717, 1.165) is 16.7 Å². The molecule has 6 nitrogen and oxygen atoms in total. The average molecular weight is 330 g/mol. The molecule has 0 N–H and O–H groups in total. The van der Waals surface area contributed by atoms with Crippen LogP contribution in [0.15, 0.2) is 29.2 Å². The second-order valence-corrected chi connectivity index (χ2v) is 6.03. The van der Waals surface area contributed by atoms with Crippen molar-refractivity contribution in [2.45, 2.75) is 20.0 Å². The molecule has 1 aliphatic rings. The van der Waals surface area contributed by atoms with Crippen LogP contribution in [0.1, 0.15) is 25.0 Å². The molecule has 0 aliphatic carbocycles. The number of benzene rings is 1. The van der Waals surface area contributed by atoms with E-state index >= 15 is 0 Å². The summed E-state index contributed by atoms with van der Waals surface area (Å²) in [4.78, 5) is 36.8. The molecule has 7 heteroatoms. The molecule has 0 saturated carbocycles. The Morgan fingerprint density at radius 3 is 2.57 bits per heavy atom. The Morgan fingerprint density at radius 2 is 2.00 bits per heavy atom. The number of esters is 1. The van der Waals surface area contributed by atoms with Gasteiger partial charge in [0.2, 0.25) is 0 Å². The number of nitrogens with zero attached hydrogens (tertiary/aromatic N) is 2. The van der Waals surface area contributed by atoms with E-state index in [-0.39, 0.29) is 11.0 Å². The second kappa shape index (κ2) is 7.11. The minimum Gasteiger partial charge on any atom is -0.462 e. The monoisotopic (exact) mass is 330 g/mol. The van der Waals surface area contributed by atoms with Crippen molar-refractivity contribution in [1.29, 1.82) is 5.26 Å².